The predicted molar refractivity (Wildman–Crippen MR) is 151 cm³/mol. The van der Waals surface area contributed by atoms with Crippen LogP contribution in [0.15, 0.2) is 48.6 Å². The summed E-state index contributed by atoms with van der Waals surface area (Å²) in [5.41, 5.74) is -2.12. The van der Waals surface area contributed by atoms with Crippen molar-refractivity contribution in [2.45, 2.75) is 70.2 Å². The molecule has 0 aliphatic carbocycles. The van der Waals surface area contributed by atoms with E-state index in [0.29, 0.717) is 44.0 Å². The molecule has 2 saturated heterocycles. The number of hydrogen-bond acceptors (Lipinski definition) is 6. The topological polar surface area (TPSA) is 99.6 Å². The molecule has 1 aromatic carbocycles. The molecule has 1 unspecified atom stereocenters. The molecule has 1 aromatic rings. The Labute approximate surface area is 236 Å². The van der Waals surface area contributed by atoms with Gasteiger partial charge in [0, 0.05) is 37.5 Å². The molecule has 216 valence electrons. The number of ether oxygens (including phenoxy) is 2. The first kappa shape index (κ1) is 28.4. The van der Waals surface area contributed by atoms with Gasteiger partial charge in [-0.1, -0.05) is 31.2 Å². The van der Waals surface area contributed by atoms with Gasteiger partial charge in [-0.15, -0.1) is 0 Å². The van der Waals surface area contributed by atoms with Crippen molar-refractivity contribution in [1.82, 2.24) is 9.80 Å². The number of hydrogen-bond donors (Lipinski definition) is 1. The lowest BCUT2D eigenvalue weighted by molar-refractivity contribution is -0.155. The van der Waals surface area contributed by atoms with Gasteiger partial charge in [-0.2, -0.15) is 0 Å². The fourth-order valence-corrected chi connectivity index (χ4v) is 6.97. The van der Waals surface area contributed by atoms with Crippen LogP contribution in [0.4, 0.5) is 5.69 Å². The fourth-order valence-electron chi connectivity index (χ4n) is 6.97. The molecule has 0 saturated carbocycles. The van der Waals surface area contributed by atoms with Gasteiger partial charge in [0.15, 0.2) is 0 Å². The second-order valence-electron chi connectivity index (χ2n) is 12.0. The Morgan fingerprint density at radius 3 is 2.30 bits per heavy atom. The lowest BCUT2D eigenvalue weighted by atomic mass is 9.73. The Kier molecular flexibility index (Phi) is 7.33. The Hall–Kier alpha value is -3.17. The summed E-state index contributed by atoms with van der Waals surface area (Å²) in [5.74, 6) is -1.66. The van der Waals surface area contributed by atoms with E-state index in [1.807, 2.05) is 83.2 Å². The second-order valence-corrected chi connectivity index (χ2v) is 12.0. The predicted octanol–water partition coefficient (Wildman–Crippen LogP) is 2.93. The third kappa shape index (κ3) is 4.25. The van der Waals surface area contributed by atoms with Crippen LogP contribution in [0.2, 0.25) is 0 Å². The van der Waals surface area contributed by atoms with E-state index < -0.39 is 34.6 Å². The van der Waals surface area contributed by atoms with Crippen molar-refractivity contribution in [3.8, 4) is 5.75 Å². The van der Waals surface area contributed by atoms with Crippen molar-refractivity contribution in [3.05, 3.63) is 48.6 Å². The summed E-state index contributed by atoms with van der Waals surface area (Å²) < 4.78 is 12.6. The van der Waals surface area contributed by atoms with Gasteiger partial charge in [-0.05, 0) is 64.8 Å². The van der Waals surface area contributed by atoms with E-state index in [4.69, 9.17) is 9.47 Å². The van der Waals surface area contributed by atoms with Crippen molar-refractivity contribution in [1.29, 1.82) is 0 Å². The van der Waals surface area contributed by atoms with E-state index >= 15 is 0 Å². The monoisotopic (exact) mass is 551 g/mol. The number of carbonyl (C=O) groups excluding carboxylic acids is 3. The number of anilines is 1. The molecule has 0 aromatic heterocycles. The smallest absolute Gasteiger partial charge is 0.249 e. The standard InChI is InChI=1S/C31H41N3O6/c1-6-30-15-8-17-32(21-11-13-22(14-12-21)39-7-2)26(36)23(30)24-27(37)33(18-10-20-35)25-28(38)34(29(3,4)5)19-9-16-31(24,25)40-30/h8-9,11-16,23-25,35H,6-7,10,17-20H2,1-5H3/t23-,24+,25?,30+,31+/m1/s1. The first-order valence-corrected chi connectivity index (χ1v) is 14.4. The van der Waals surface area contributed by atoms with E-state index in [1.54, 1.807) is 14.7 Å². The second kappa shape index (κ2) is 10.3. The molecular formula is C31H41N3O6. The zero-order chi connectivity index (χ0) is 28.9. The summed E-state index contributed by atoms with van der Waals surface area (Å²) >= 11 is 0. The first-order chi connectivity index (χ1) is 19.0. The number of aliphatic hydroxyl groups excluding tert-OH is 1. The molecule has 9 heteroatoms. The number of fused-ring (bicyclic) bond motifs is 2. The summed E-state index contributed by atoms with van der Waals surface area (Å²) in [4.78, 5) is 48.2. The zero-order valence-electron chi connectivity index (χ0n) is 24.1. The van der Waals surface area contributed by atoms with Gasteiger partial charge >= 0.3 is 0 Å². The maximum absolute atomic E-state index is 14.5. The molecule has 4 aliphatic heterocycles. The lowest BCUT2D eigenvalue weighted by Crippen LogP contribution is -2.59. The molecule has 9 nitrogen and oxygen atoms in total. The summed E-state index contributed by atoms with van der Waals surface area (Å²) in [6.45, 7) is 11.1. The minimum atomic E-state index is -1.30. The van der Waals surface area contributed by atoms with E-state index in [-0.39, 0.29) is 30.9 Å². The highest BCUT2D eigenvalue weighted by Crippen LogP contribution is 2.58. The number of aliphatic hydroxyl groups is 1. The third-order valence-corrected chi connectivity index (χ3v) is 8.77. The van der Waals surface area contributed by atoms with E-state index in [2.05, 4.69) is 0 Å². The number of nitrogens with zero attached hydrogens (tertiary/aromatic N) is 3. The quantitative estimate of drug-likeness (QED) is 0.524. The van der Waals surface area contributed by atoms with Crippen LogP contribution in [0.1, 0.15) is 47.5 Å². The van der Waals surface area contributed by atoms with Crippen LogP contribution in [0.25, 0.3) is 0 Å². The summed E-state index contributed by atoms with van der Waals surface area (Å²) in [6, 6.07) is 6.45. The van der Waals surface area contributed by atoms with Gasteiger partial charge < -0.3 is 29.3 Å². The van der Waals surface area contributed by atoms with Crippen LogP contribution in [0.3, 0.4) is 0 Å². The SMILES string of the molecule is CCOc1ccc(N2CC=C[C@]3(CC)O[C@]45C=CCN(C(C)(C)C)C(=O)C4N(CCCO)C(=O)[C@@H]5[C@@H]3C2=O)cc1. The molecule has 2 fully saturated rings. The molecule has 1 spiro atoms. The van der Waals surface area contributed by atoms with Crippen molar-refractivity contribution < 1.29 is 29.0 Å². The third-order valence-electron chi connectivity index (χ3n) is 8.77. The van der Waals surface area contributed by atoms with E-state index in [9.17, 15) is 19.5 Å². The van der Waals surface area contributed by atoms with Crippen molar-refractivity contribution in [2.75, 3.05) is 37.7 Å². The van der Waals surface area contributed by atoms with Gasteiger partial charge in [-0.3, -0.25) is 14.4 Å². The fraction of sp³-hybridized carbons (Fsp3) is 0.581. The van der Waals surface area contributed by atoms with E-state index in [0.717, 1.165) is 0 Å². The molecule has 1 N–H and O–H groups in total. The Morgan fingerprint density at radius 1 is 0.975 bits per heavy atom. The highest BCUT2D eigenvalue weighted by atomic mass is 16.5. The average Bonchev–Trinajstić information content (AvgIpc) is 3.19. The van der Waals surface area contributed by atoms with Gasteiger partial charge in [0.2, 0.25) is 17.7 Å². The Bertz CT molecular complexity index is 1220. The molecule has 5 rings (SSSR count). The Balaban J connectivity index is 1.62. The maximum atomic E-state index is 14.5. The first-order valence-electron chi connectivity index (χ1n) is 14.4. The molecule has 0 bridgehead atoms. The minimum Gasteiger partial charge on any atom is -0.494 e. The van der Waals surface area contributed by atoms with Gasteiger partial charge in [0.25, 0.3) is 0 Å². The van der Waals surface area contributed by atoms with Crippen molar-refractivity contribution in [3.63, 3.8) is 0 Å². The largest absolute Gasteiger partial charge is 0.494 e. The molecule has 4 heterocycles. The number of amides is 3. The van der Waals surface area contributed by atoms with Gasteiger partial charge in [-0.25, -0.2) is 0 Å². The zero-order valence-corrected chi connectivity index (χ0v) is 24.1. The number of likely N-dealkylation sites (tertiary alicyclic amines) is 1. The van der Waals surface area contributed by atoms with Crippen molar-refractivity contribution >= 4 is 23.4 Å². The molecule has 5 atom stereocenters. The molecule has 0 radical (unpaired) electrons. The highest BCUT2D eigenvalue weighted by Gasteiger charge is 2.75. The number of carbonyl (C=O) groups is 3. The number of rotatable bonds is 7. The number of benzene rings is 1. The van der Waals surface area contributed by atoms with E-state index in [1.165, 1.54) is 0 Å². The Morgan fingerprint density at radius 2 is 1.68 bits per heavy atom. The van der Waals surface area contributed by atoms with Gasteiger partial charge in [0.05, 0.1) is 24.0 Å². The van der Waals surface area contributed by atoms with Crippen LogP contribution in [-0.4, -0.2) is 88.3 Å². The van der Waals surface area contributed by atoms with Gasteiger partial charge in [0.1, 0.15) is 17.4 Å². The molecular weight excluding hydrogens is 510 g/mol. The summed E-state index contributed by atoms with van der Waals surface area (Å²) in [7, 11) is 0. The molecule has 4 aliphatic rings. The van der Waals surface area contributed by atoms with Crippen LogP contribution >= 0.6 is 0 Å². The summed E-state index contributed by atoms with van der Waals surface area (Å²) in [5, 5.41) is 9.62. The lowest BCUT2D eigenvalue weighted by Gasteiger charge is -2.41. The minimum absolute atomic E-state index is 0.114. The van der Waals surface area contributed by atoms with Crippen LogP contribution in [0.5, 0.6) is 5.75 Å². The normalized spacial score (nSPS) is 31.7. The van der Waals surface area contributed by atoms with Crippen LogP contribution < -0.4 is 9.64 Å². The van der Waals surface area contributed by atoms with Crippen LogP contribution in [-0.2, 0) is 19.1 Å². The summed E-state index contributed by atoms with van der Waals surface area (Å²) in [6.07, 6.45) is 8.44. The highest BCUT2D eigenvalue weighted by molar-refractivity contribution is 6.04. The maximum Gasteiger partial charge on any atom is 0.249 e. The van der Waals surface area contributed by atoms with Crippen LogP contribution in [0, 0.1) is 11.8 Å². The molecule has 3 amide bonds. The van der Waals surface area contributed by atoms with Crippen molar-refractivity contribution in [2.24, 2.45) is 11.8 Å². The average molecular weight is 552 g/mol. The molecule has 40 heavy (non-hydrogen) atoms.